The predicted octanol–water partition coefficient (Wildman–Crippen LogP) is -1.00. The lowest BCUT2D eigenvalue weighted by Crippen LogP contribution is -2.60. The molecular formula is C20H26O10. The van der Waals surface area contributed by atoms with E-state index in [1.807, 2.05) is 0 Å². The van der Waals surface area contributed by atoms with Crippen molar-refractivity contribution in [3.05, 3.63) is 40.2 Å². The molecule has 30 heavy (non-hydrogen) atoms. The van der Waals surface area contributed by atoms with Crippen molar-refractivity contribution < 1.29 is 44.5 Å². The second-order valence-corrected chi connectivity index (χ2v) is 7.95. The van der Waals surface area contributed by atoms with Gasteiger partial charge in [-0.3, -0.25) is 0 Å². The highest BCUT2D eigenvalue weighted by Gasteiger charge is 2.46. The molecule has 1 aromatic carbocycles. The van der Waals surface area contributed by atoms with Gasteiger partial charge >= 0.3 is 5.63 Å². The van der Waals surface area contributed by atoms with Crippen molar-refractivity contribution in [3.63, 3.8) is 0 Å². The number of aliphatic hydroxyl groups excluding tert-OH is 4. The molecule has 1 aliphatic rings. The quantitative estimate of drug-likeness (QED) is 0.315. The van der Waals surface area contributed by atoms with Crippen LogP contribution in [0.1, 0.15) is 19.4 Å². The van der Waals surface area contributed by atoms with E-state index < -0.39 is 54.6 Å². The molecule has 2 aromatic rings. The van der Waals surface area contributed by atoms with E-state index >= 15 is 0 Å². The lowest BCUT2D eigenvalue weighted by molar-refractivity contribution is -0.321. The van der Waals surface area contributed by atoms with Gasteiger partial charge in [-0.2, -0.15) is 0 Å². The highest BCUT2D eigenvalue weighted by atomic mass is 16.7. The molecule has 0 spiro atoms. The van der Waals surface area contributed by atoms with Gasteiger partial charge in [-0.15, -0.1) is 0 Å². The summed E-state index contributed by atoms with van der Waals surface area (Å²) < 4.78 is 16.1. The molecule has 10 heteroatoms. The van der Waals surface area contributed by atoms with E-state index in [9.17, 15) is 35.4 Å². The van der Waals surface area contributed by atoms with E-state index in [0.717, 1.165) is 0 Å². The number of phenolic OH excluding ortho intramolecular Hbond substituents is 1. The summed E-state index contributed by atoms with van der Waals surface area (Å²) in [7, 11) is 0. The summed E-state index contributed by atoms with van der Waals surface area (Å²) in [6.07, 6.45) is -8.46. The number of fused-ring (bicyclic) bond motifs is 1. The van der Waals surface area contributed by atoms with Crippen molar-refractivity contribution in [2.24, 2.45) is 0 Å². The molecule has 1 fully saturated rings. The van der Waals surface area contributed by atoms with E-state index in [2.05, 4.69) is 0 Å². The molecule has 0 aliphatic carbocycles. The number of phenols is 1. The fourth-order valence-electron chi connectivity index (χ4n) is 3.32. The van der Waals surface area contributed by atoms with Gasteiger partial charge in [0.2, 0.25) is 0 Å². The van der Waals surface area contributed by atoms with Crippen LogP contribution in [-0.2, 0) is 15.9 Å². The minimum atomic E-state index is -1.63. The molecule has 0 saturated carbocycles. The SMILES string of the molecule is CC(C)(O)[C@@H](Cc1cc2ccc(=O)oc2cc1O)O[C@H]1O[C@@H](CO)[C@H](O)[C@H](O)[C@@H]1O. The zero-order valence-electron chi connectivity index (χ0n) is 16.5. The molecule has 0 bridgehead atoms. The van der Waals surface area contributed by atoms with Gasteiger partial charge < -0.3 is 44.5 Å². The third kappa shape index (κ3) is 4.65. The standard InChI is InChI=1S/C20H26O10/c1-20(2,27)14(30-19-18(26)17(25)16(24)13(8-21)29-19)6-10-5-9-3-4-15(23)28-12(9)7-11(10)22/h3-5,7,13-14,16-19,21-22,24-27H,6,8H2,1-2H3/t13-,14+,16-,17-,18-,19+/m0/s1. The lowest BCUT2D eigenvalue weighted by atomic mass is 9.93. The smallest absolute Gasteiger partial charge is 0.336 e. The molecule has 1 aliphatic heterocycles. The molecule has 3 rings (SSSR count). The summed E-state index contributed by atoms with van der Waals surface area (Å²) in [5, 5.41) is 60.8. The molecule has 0 unspecified atom stereocenters. The van der Waals surface area contributed by atoms with Crippen LogP contribution < -0.4 is 5.63 Å². The Hall–Kier alpha value is -2.05. The topological polar surface area (TPSA) is 170 Å². The number of benzene rings is 1. The maximum absolute atomic E-state index is 11.3. The van der Waals surface area contributed by atoms with E-state index in [1.54, 1.807) is 6.07 Å². The van der Waals surface area contributed by atoms with Gasteiger partial charge in [0.25, 0.3) is 0 Å². The molecular weight excluding hydrogens is 400 g/mol. The van der Waals surface area contributed by atoms with Crippen molar-refractivity contribution in [2.45, 2.75) is 62.7 Å². The number of rotatable bonds is 6. The Bertz CT molecular complexity index is 931. The van der Waals surface area contributed by atoms with Gasteiger partial charge in [-0.1, -0.05) is 0 Å². The highest BCUT2D eigenvalue weighted by molar-refractivity contribution is 5.79. The summed E-state index contributed by atoms with van der Waals surface area (Å²) in [5.74, 6) is -0.191. The van der Waals surface area contributed by atoms with Crippen LogP contribution in [0.3, 0.4) is 0 Å². The zero-order valence-corrected chi connectivity index (χ0v) is 16.5. The molecule has 0 amide bonds. The Kier molecular flexibility index (Phi) is 6.48. The largest absolute Gasteiger partial charge is 0.508 e. The Morgan fingerprint density at radius 2 is 1.83 bits per heavy atom. The summed E-state index contributed by atoms with van der Waals surface area (Å²) >= 11 is 0. The van der Waals surface area contributed by atoms with Gasteiger partial charge in [0.05, 0.1) is 18.3 Å². The van der Waals surface area contributed by atoms with Crippen molar-refractivity contribution >= 4 is 11.0 Å². The lowest BCUT2D eigenvalue weighted by Gasteiger charge is -2.42. The molecule has 1 saturated heterocycles. The van der Waals surface area contributed by atoms with E-state index in [4.69, 9.17) is 13.9 Å². The fraction of sp³-hybridized carbons (Fsp3) is 0.550. The summed E-state index contributed by atoms with van der Waals surface area (Å²) in [6.45, 7) is 2.30. The van der Waals surface area contributed by atoms with Gasteiger partial charge in [0.1, 0.15) is 35.7 Å². The Labute approximate surface area is 171 Å². The normalized spacial score (nSPS) is 28.6. The van der Waals surface area contributed by atoms with E-state index in [1.165, 1.54) is 32.0 Å². The minimum absolute atomic E-state index is 0.0284. The van der Waals surface area contributed by atoms with Gasteiger partial charge in [0, 0.05) is 23.9 Å². The first-order valence-corrected chi connectivity index (χ1v) is 9.45. The van der Waals surface area contributed by atoms with Crippen molar-refractivity contribution in [3.8, 4) is 5.75 Å². The third-order valence-corrected chi connectivity index (χ3v) is 5.16. The van der Waals surface area contributed by atoms with Crippen LogP contribution in [0, 0.1) is 0 Å². The fourth-order valence-corrected chi connectivity index (χ4v) is 3.32. The van der Waals surface area contributed by atoms with Crippen molar-refractivity contribution in [1.29, 1.82) is 0 Å². The van der Waals surface area contributed by atoms with Crippen LogP contribution in [0.15, 0.2) is 33.5 Å². The molecule has 0 radical (unpaired) electrons. The van der Waals surface area contributed by atoms with Crippen molar-refractivity contribution in [2.75, 3.05) is 6.61 Å². The maximum atomic E-state index is 11.3. The van der Waals surface area contributed by atoms with Crippen LogP contribution in [0.4, 0.5) is 0 Å². The Morgan fingerprint density at radius 1 is 1.13 bits per heavy atom. The van der Waals surface area contributed by atoms with Crippen LogP contribution in [-0.4, -0.2) is 79.7 Å². The minimum Gasteiger partial charge on any atom is -0.508 e. The van der Waals surface area contributed by atoms with Crippen LogP contribution in [0.5, 0.6) is 5.75 Å². The Morgan fingerprint density at radius 3 is 2.47 bits per heavy atom. The van der Waals surface area contributed by atoms with E-state index in [-0.39, 0.29) is 17.8 Å². The van der Waals surface area contributed by atoms with Crippen LogP contribution in [0.2, 0.25) is 0 Å². The van der Waals surface area contributed by atoms with Gasteiger partial charge in [-0.05, 0) is 31.5 Å². The first-order valence-electron chi connectivity index (χ1n) is 9.45. The average Bonchev–Trinajstić information content (AvgIpc) is 2.67. The number of ether oxygens (including phenoxy) is 2. The van der Waals surface area contributed by atoms with Gasteiger partial charge in [0.15, 0.2) is 6.29 Å². The number of hydrogen-bond acceptors (Lipinski definition) is 10. The second kappa shape index (κ2) is 8.60. The number of hydrogen-bond donors (Lipinski definition) is 6. The highest BCUT2D eigenvalue weighted by Crippen LogP contribution is 2.31. The van der Waals surface area contributed by atoms with Gasteiger partial charge in [-0.25, -0.2) is 4.79 Å². The second-order valence-electron chi connectivity index (χ2n) is 7.95. The summed E-state index contributed by atoms with van der Waals surface area (Å²) in [6, 6.07) is 5.62. The molecule has 1 aromatic heterocycles. The van der Waals surface area contributed by atoms with Crippen molar-refractivity contribution in [1.82, 2.24) is 0 Å². The van der Waals surface area contributed by atoms with Crippen LogP contribution >= 0.6 is 0 Å². The Balaban J connectivity index is 1.87. The summed E-state index contributed by atoms with van der Waals surface area (Å²) in [4.78, 5) is 11.3. The zero-order chi connectivity index (χ0) is 22.2. The predicted molar refractivity (Wildman–Crippen MR) is 103 cm³/mol. The molecule has 6 N–H and O–H groups in total. The first kappa shape index (κ1) is 22.6. The first-order chi connectivity index (χ1) is 14.0. The molecule has 2 heterocycles. The van der Waals surface area contributed by atoms with E-state index in [0.29, 0.717) is 10.9 Å². The molecule has 10 nitrogen and oxygen atoms in total. The average molecular weight is 426 g/mol. The molecule has 6 atom stereocenters. The molecule has 166 valence electrons. The number of aromatic hydroxyl groups is 1. The third-order valence-electron chi connectivity index (χ3n) is 5.16. The van der Waals surface area contributed by atoms with Crippen LogP contribution in [0.25, 0.3) is 11.0 Å². The maximum Gasteiger partial charge on any atom is 0.336 e. The monoisotopic (exact) mass is 426 g/mol. The summed E-state index contributed by atoms with van der Waals surface area (Å²) in [5.41, 5.74) is -1.47. The number of aliphatic hydroxyl groups is 5.